The SMILES string of the molecule is COc1ccc(C=NNC(=O)c2ccc(C(N)c3nc4ccccc4[nH]3)cc2)cc1. The van der Waals surface area contributed by atoms with Crippen LogP contribution in [-0.4, -0.2) is 29.2 Å². The Morgan fingerprint density at radius 3 is 2.53 bits per heavy atom. The van der Waals surface area contributed by atoms with Gasteiger partial charge in [-0.05, 0) is 59.7 Å². The molecule has 0 radical (unpaired) electrons. The molecule has 0 aliphatic carbocycles. The Hall–Kier alpha value is -3.97. The number of nitrogens with zero attached hydrogens (tertiary/aromatic N) is 2. The van der Waals surface area contributed by atoms with Crippen molar-refractivity contribution in [2.45, 2.75) is 6.04 Å². The van der Waals surface area contributed by atoms with Crippen LogP contribution < -0.4 is 15.9 Å². The van der Waals surface area contributed by atoms with Gasteiger partial charge in [-0.25, -0.2) is 10.4 Å². The average molecular weight is 399 g/mol. The summed E-state index contributed by atoms with van der Waals surface area (Å²) in [5.41, 5.74) is 12.9. The molecule has 0 fully saturated rings. The zero-order valence-electron chi connectivity index (χ0n) is 16.4. The zero-order chi connectivity index (χ0) is 20.9. The maximum atomic E-state index is 12.3. The van der Waals surface area contributed by atoms with Crippen LogP contribution >= 0.6 is 0 Å². The van der Waals surface area contributed by atoms with Crippen LogP contribution in [0.15, 0.2) is 77.9 Å². The minimum Gasteiger partial charge on any atom is -0.497 e. The number of rotatable bonds is 6. The number of ether oxygens (including phenoxy) is 1. The highest BCUT2D eigenvalue weighted by atomic mass is 16.5. The van der Waals surface area contributed by atoms with Crippen LogP contribution in [0.4, 0.5) is 0 Å². The number of hydrazone groups is 1. The maximum absolute atomic E-state index is 12.3. The Morgan fingerprint density at radius 1 is 1.10 bits per heavy atom. The lowest BCUT2D eigenvalue weighted by Crippen LogP contribution is -2.18. The van der Waals surface area contributed by atoms with Crippen LogP contribution in [0.5, 0.6) is 5.75 Å². The van der Waals surface area contributed by atoms with Crippen LogP contribution in [0, 0.1) is 0 Å². The van der Waals surface area contributed by atoms with E-state index >= 15 is 0 Å². The summed E-state index contributed by atoms with van der Waals surface area (Å²) in [6.45, 7) is 0. The molecule has 0 aliphatic rings. The Balaban J connectivity index is 1.40. The fraction of sp³-hybridized carbons (Fsp3) is 0.0870. The summed E-state index contributed by atoms with van der Waals surface area (Å²) in [6, 6.07) is 21.8. The number of carbonyl (C=O) groups excluding carboxylic acids is 1. The van der Waals surface area contributed by atoms with Gasteiger partial charge in [0.25, 0.3) is 5.91 Å². The lowest BCUT2D eigenvalue weighted by atomic mass is 10.0. The lowest BCUT2D eigenvalue weighted by molar-refractivity contribution is 0.0955. The van der Waals surface area contributed by atoms with Crippen LogP contribution in [0.2, 0.25) is 0 Å². The van der Waals surface area contributed by atoms with Crippen molar-refractivity contribution in [1.29, 1.82) is 0 Å². The van der Waals surface area contributed by atoms with Crippen molar-refractivity contribution in [1.82, 2.24) is 15.4 Å². The predicted octanol–water partition coefficient (Wildman–Crippen LogP) is 3.38. The van der Waals surface area contributed by atoms with E-state index in [0.29, 0.717) is 11.4 Å². The van der Waals surface area contributed by atoms with E-state index in [1.165, 1.54) is 0 Å². The van der Waals surface area contributed by atoms with Crippen LogP contribution in [0.1, 0.15) is 33.4 Å². The summed E-state index contributed by atoms with van der Waals surface area (Å²) in [7, 11) is 1.61. The highest BCUT2D eigenvalue weighted by Crippen LogP contribution is 2.20. The maximum Gasteiger partial charge on any atom is 0.271 e. The molecule has 4 aromatic rings. The average Bonchev–Trinajstić information content (AvgIpc) is 3.23. The van der Waals surface area contributed by atoms with Crippen molar-refractivity contribution in [2.75, 3.05) is 7.11 Å². The number of methoxy groups -OCH3 is 1. The number of hydrogen-bond acceptors (Lipinski definition) is 5. The van der Waals surface area contributed by atoms with Gasteiger partial charge < -0.3 is 15.5 Å². The summed E-state index contributed by atoms with van der Waals surface area (Å²) in [5.74, 6) is 1.14. The summed E-state index contributed by atoms with van der Waals surface area (Å²) in [6.07, 6.45) is 1.57. The molecule has 1 atom stereocenters. The van der Waals surface area contributed by atoms with E-state index in [0.717, 1.165) is 27.9 Å². The number of nitrogens with one attached hydrogen (secondary N) is 2. The van der Waals surface area contributed by atoms with Gasteiger partial charge in [-0.3, -0.25) is 4.79 Å². The standard InChI is InChI=1S/C23H21N5O2/c1-30-18-12-6-15(7-13-18)14-25-28-23(29)17-10-8-16(9-11-17)21(24)22-26-19-4-2-3-5-20(19)27-22/h2-14,21H,24H2,1H3,(H,26,27)(H,28,29). The highest BCUT2D eigenvalue weighted by Gasteiger charge is 2.14. The Morgan fingerprint density at radius 2 is 1.83 bits per heavy atom. The monoisotopic (exact) mass is 399 g/mol. The van der Waals surface area contributed by atoms with Crippen LogP contribution in [0.3, 0.4) is 0 Å². The second-order valence-electron chi connectivity index (χ2n) is 6.71. The van der Waals surface area contributed by atoms with E-state index in [1.807, 2.05) is 60.7 Å². The number of aromatic nitrogens is 2. The number of para-hydroxylation sites is 2. The van der Waals surface area contributed by atoms with Crippen molar-refractivity contribution in [3.05, 3.63) is 95.3 Å². The molecule has 0 spiro atoms. The summed E-state index contributed by atoms with van der Waals surface area (Å²) in [4.78, 5) is 20.1. The first-order valence-electron chi connectivity index (χ1n) is 9.41. The molecule has 7 heteroatoms. The zero-order valence-corrected chi connectivity index (χ0v) is 16.4. The Kier molecular flexibility index (Phi) is 5.54. The molecule has 3 aromatic carbocycles. The summed E-state index contributed by atoms with van der Waals surface area (Å²) < 4.78 is 5.11. The molecule has 0 bridgehead atoms. The molecule has 30 heavy (non-hydrogen) atoms. The summed E-state index contributed by atoms with van der Waals surface area (Å²) in [5, 5.41) is 4.00. The van der Waals surface area contributed by atoms with Crippen molar-refractivity contribution >= 4 is 23.2 Å². The number of nitrogens with two attached hydrogens (primary N) is 1. The molecule has 1 heterocycles. The lowest BCUT2D eigenvalue weighted by Gasteiger charge is -2.09. The molecule has 4 N–H and O–H groups in total. The third kappa shape index (κ3) is 4.21. The topological polar surface area (TPSA) is 105 Å². The first kappa shape index (κ1) is 19.4. The quantitative estimate of drug-likeness (QED) is 0.341. The van der Waals surface area contributed by atoms with Gasteiger partial charge in [-0.1, -0.05) is 24.3 Å². The summed E-state index contributed by atoms with van der Waals surface area (Å²) >= 11 is 0. The molecule has 1 unspecified atom stereocenters. The Bertz CT molecular complexity index is 1150. The molecule has 7 nitrogen and oxygen atoms in total. The smallest absolute Gasteiger partial charge is 0.271 e. The third-order valence-electron chi connectivity index (χ3n) is 4.73. The number of aromatic amines is 1. The molecule has 1 aromatic heterocycles. The van der Waals surface area contributed by atoms with E-state index in [-0.39, 0.29) is 5.91 Å². The van der Waals surface area contributed by atoms with Gasteiger partial charge in [-0.15, -0.1) is 0 Å². The van der Waals surface area contributed by atoms with Crippen molar-refractivity contribution in [3.63, 3.8) is 0 Å². The minimum atomic E-state index is -0.414. The number of H-pyrrole nitrogens is 1. The van der Waals surface area contributed by atoms with Crippen LogP contribution in [-0.2, 0) is 0 Å². The number of fused-ring (bicyclic) bond motifs is 1. The van der Waals surface area contributed by atoms with Gasteiger partial charge in [0, 0.05) is 5.56 Å². The first-order valence-corrected chi connectivity index (χ1v) is 9.41. The second-order valence-corrected chi connectivity index (χ2v) is 6.71. The fourth-order valence-electron chi connectivity index (χ4n) is 3.04. The number of imidazole rings is 1. The van der Waals surface area contributed by atoms with Gasteiger partial charge in [0.1, 0.15) is 11.6 Å². The van der Waals surface area contributed by atoms with E-state index < -0.39 is 6.04 Å². The van der Waals surface area contributed by atoms with Gasteiger partial charge in [0.05, 0.1) is 30.4 Å². The molecular weight excluding hydrogens is 378 g/mol. The van der Waals surface area contributed by atoms with Crippen molar-refractivity contribution < 1.29 is 9.53 Å². The first-order chi connectivity index (χ1) is 14.6. The predicted molar refractivity (Wildman–Crippen MR) is 117 cm³/mol. The number of benzene rings is 3. The molecule has 0 aliphatic heterocycles. The number of amides is 1. The highest BCUT2D eigenvalue weighted by molar-refractivity contribution is 5.94. The van der Waals surface area contributed by atoms with Gasteiger partial charge in [-0.2, -0.15) is 5.10 Å². The second kappa shape index (κ2) is 8.59. The third-order valence-corrected chi connectivity index (χ3v) is 4.73. The van der Waals surface area contributed by atoms with Gasteiger partial charge >= 0.3 is 0 Å². The van der Waals surface area contributed by atoms with Crippen molar-refractivity contribution in [3.8, 4) is 5.75 Å². The van der Waals surface area contributed by atoms with E-state index in [2.05, 4.69) is 20.5 Å². The normalized spacial score (nSPS) is 12.2. The Labute approximate surface area is 173 Å². The molecular formula is C23H21N5O2. The van der Waals surface area contributed by atoms with Crippen molar-refractivity contribution in [2.24, 2.45) is 10.8 Å². The van der Waals surface area contributed by atoms with Gasteiger partial charge in [0.15, 0.2) is 0 Å². The largest absolute Gasteiger partial charge is 0.497 e. The van der Waals surface area contributed by atoms with E-state index in [1.54, 1.807) is 25.5 Å². The molecule has 4 rings (SSSR count). The molecule has 150 valence electrons. The van der Waals surface area contributed by atoms with E-state index in [4.69, 9.17) is 10.5 Å². The van der Waals surface area contributed by atoms with Gasteiger partial charge in [0.2, 0.25) is 0 Å². The fourth-order valence-corrected chi connectivity index (χ4v) is 3.04. The van der Waals surface area contributed by atoms with E-state index in [9.17, 15) is 4.79 Å². The minimum absolute atomic E-state index is 0.302. The number of hydrogen-bond donors (Lipinski definition) is 3. The molecule has 0 saturated carbocycles. The number of carbonyl (C=O) groups is 1. The van der Waals surface area contributed by atoms with Crippen LogP contribution in [0.25, 0.3) is 11.0 Å². The molecule has 1 amide bonds. The molecule has 0 saturated heterocycles.